The van der Waals surface area contributed by atoms with Crippen molar-refractivity contribution in [3.63, 3.8) is 0 Å². The van der Waals surface area contributed by atoms with Crippen LogP contribution in [0.3, 0.4) is 0 Å². The van der Waals surface area contributed by atoms with Crippen molar-refractivity contribution in [1.82, 2.24) is 0 Å². The van der Waals surface area contributed by atoms with Crippen molar-refractivity contribution in [2.24, 2.45) is 0 Å². The van der Waals surface area contributed by atoms with Crippen LogP contribution >= 0.6 is 0 Å². The van der Waals surface area contributed by atoms with Crippen LogP contribution in [-0.2, 0) is 4.79 Å². The van der Waals surface area contributed by atoms with E-state index < -0.39 is 54.4 Å². The minimum absolute atomic E-state index is 0.0000706. The molecule has 0 aliphatic rings. The second-order valence-corrected chi connectivity index (χ2v) is 5.96. The molecule has 0 saturated carbocycles. The summed E-state index contributed by atoms with van der Waals surface area (Å²) < 4.78 is 167. The summed E-state index contributed by atoms with van der Waals surface area (Å²) in [7, 11) is 0. The van der Waals surface area contributed by atoms with Gasteiger partial charge in [0.2, 0.25) is 5.78 Å². The first-order valence-electron chi connectivity index (χ1n) is 7.72. The molecule has 0 amide bonds. The van der Waals surface area contributed by atoms with E-state index in [1.807, 2.05) is 0 Å². The van der Waals surface area contributed by atoms with E-state index in [1.54, 1.807) is 6.92 Å². The summed E-state index contributed by atoms with van der Waals surface area (Å²) in [6, 6.07) is 0. The van der Waals surface area contributed by atoms with Crippen LogP contribution in [0.5, 0.6) is 0 Å². The van der Waals surface area contributed by atoms with Gasteiger partial charge >= 0.3 is 35.8 Å². The van der Waals surface area contributed by atoms with Crippen molar-refractivity contribution in [1.29, 1.82) is 0 Å². The van der Waals surface area contributed by atoms with Gasteiger partial charge in [0.25, 0.3) is 0 Å². The van der Waals surface area contributed by atoms with Crippen LogP contribution in [0.1, 0.15) is 45.4 Å². The lowest BCUT2D eigenvalue weighted by Gasteiger charge is -2.39. The number of rotatable bonds is 11. The Morgan fingerprint density at radius 1 is 0.571 bits per heavy atom. The molecule has 0 fully saturated rings. The number of unbranched alkanes of at least 4 members (excludes halogenated alkanes) is 4. The molecule has 168 valence electrons. The van der Waals surface area contributed by atoms with E-state index in [1.165, 1.54) is 0 Å². The quantitative estimate of drug-likeness (QED) is 0.257. The highest BCUT2D eigenvalue weighted by Crippen LogP contribution is 2.60. The highest BCUT2D eigenvalue weighted by atomic mass is 19.4. The molecule has 0 atom stereocenters. The van der Waals surface area contributed by atoms with Crippen molar-refractivity contribution < 1.29 is 61.9 Å². The lowest BCUT2D eigenvalue weighted by atomic mass is 9.91. The van der Waals surface area contributed by atoms with Crippen LogP contribution in [0.25, 0.3) is 0 Å². The molecular weight excluding hydrogens is 431 g/mol. The maximum Gasteiger partial charge on any atom is 0.460 e. The van der Waals surface area contributed by atoms with Gasteiger partial charge < -0.3 is 0 Å². The molecule has 0 spiro atoms. The summed E-state index contributed by atoms with van der Waals surface area (Å²) in [4.78, 5) is 11.1. The van der Waals surface area contributed by atoms with Crippen LogP contribution < -0.4 is 0 Å². The molecule has 0 bridgehead atoms. The van der Waals surface area contributed by atoms with Gasteiger partial charge in [0, 0.05) is 6.42 Å². The fourth-order valence-corrected chi connectivity index (χ4v) is 1.99. The van der Waals surface area contributed by atoms with Gasteiger partial charge in [-0.15, -0.1) is 0 Å². The first-order chi connectivity index (χ1) is 12.2. The van der Waals surface area contributed by atoms with Gasteiger partial charge in [-0.3, -0.25) is 4.79 Å². The topological polar surface area (TPSA) is 17.1 Å². The Morgan fingerprint density at radius 3 is 1.36 bits per heavy atom. The van der Waals surface area contributed by atoms with E-state index in [0.29, 0.717) is 19.3 Å². The zero-order chi connectivity index (χ0) is 22.8. The molecule has 0 aliphatic heterocycles. The maximum absolute atomic E-state index is 13.4. The van der Waals surface area contributed by atoms with Gasteiger partial charge in [0.15, 0.2) is 0 Å². The van der Waals surface area contributed by atoms with Crippen LogP contribution in [0.15, 0.2) is 0 Å². The minimum Gasteiger partial charge on any atom is -0.293 e. The Morgan fingerprint density at radius 2 is 0.964 bits per heavy atom. The average Bonchev–Trinajstić information content (AvgIpc) is 2.52. The fraction of sp³-hybridized carbons (Fsp3) is 0.929. The maximum atomic E-state index is 13.4. The molecular formula is C14H15F13O. The third-order valence-corrected chi connectivity index (χ3v) is 3.79. The highest BCUT2D eigenvalue weighted by Gasteiger charge is 2.91. The molecule has 0 rings (SSSR count). The summed E-state index contributed by atoms with van der Waals surface area (Å²) in [5.74, 6) is -40.8. The Balaban J connectivity index is 5.76. The van der Waals surface area contributed by atoms with Crippen molar-refractivity contribution >= 4 is 5.78 Å². The van der Waals surface area contributed by atoms with Gasteiger partial charge in [-0.1, -0.05) is 32.6 Å². The lowest BCUT2D eigenvalue weighted by molar-refractivity contribution is -0.436. The van der Waals surface area contributed by atoms with Crippen molar-refractivity contribution in [2.75, 3.05) is 0 Å². The Kier molecular flexibility index (Phi) is 7.88. The van der Waals surface area contributed by atoms with Crippen molar-refractivity contribution in [2.45, 2.75) is 81.2 Å². The molecule has 0 radical (unpaired) electrons. The molecule has 1 nitrogen and oxygen atoms in total. The first kappa shape index (κ1) is 26.8. The van der Waals surface area contributed by atoms with Gasteiger partial charge in [-0.2, -0.15) is 57.1 Å². The zero-order valence-electron chi connectivity index (χ0n) is 14.1. The number of hydrogen-bond donors (Lipinski definition) is 0. The molecule has 0 aromatic heterocycles. The second-order valence-electron chi connectivity index (χ2n) is 5.96. The van der Waals surface area contributed by atoms with E-state index in [0.717, 1.165) is 0 Å². The summed E-state index contributed by atoms with van der Waals surface area (Å²) in [5, 5.41) is 0. The number of carbonyl (C=O) groups is 1. The third kappa shape index (κ3) is 4.34. The molecule has 0 aromatic carbocycles. The van der Waals surface area contributed by atoms with Crippen molar-refractivity contribution in [3.05, 3.63) is 0 Å². The van der Waals surface area contributed by atoms with Crippen LogP contribution in [0.2, 0.25) is 0 Å². The highest BCUT2D eigenvalue weighted by molar-refractivity contribution is 5.87. The first-order valence-corrected chi connectivity index (χ1v) is 7.72. The molecule has 0 saturated heterocycles. The van der Waals surface area contributed by atoms with E-state index in [9.17, 15) is 61.9 Å². The Bertz CT molecular complexity index is 536. The molecule has 0 unspecified atom stereocenters. The standard InChI is InChI=1S/C14H15F13O/c1-2-3-4-5-6-7-8(28)9(15,16)10(17,18)11(19,20)12(21,22)13(23,24)14(25,26)27/h2-7H2,1H3. The number of hydrogen-bond acceptors (Lipinski definition) is 1. The predicted molar refractivity (Wildman–Crippen MR) is 69.2 cm³/mol. The van der Waals surface area contributed by atoms with Crippen LogP contribution in [0, 0.1) is 0 Å². The number of Topliss-reactive ketones (excluding diaryl/α,β-unsaturated/α-hetero) is 1. The normalized spacial score (nSPS) is 15.1. The van der Waals surface area contributed by atoms with Crippen LogP contribution in [-0.4, -0.2) is 41.6 Å². The summed E-state index contributed by atoms with van der Waals surface area (Å²) >= 11 is 0. The summed E-state index contributed by atoms with van der Waals surface area (Å²) in [6.45, 7) is 1.72. The number of carbonyl (C=O) groups excluding carboxylic acids is 1. The monoisotopic (exact) mass is 446 g/mol. The van der Waals surface area contributed by atoms with Crippen LogP contribution in [0.4, 0.5) is 57.1 Å². The zero-order valence-corrected chi connectivity index (χ0v) is 14.1. The average molecular weight is 446 g/mol. The lowest BCUT2D eigenvalue weighted by Crippen LogP contribution is -2.71. The Labute approximate surface area is 150 Å². The second kappa shape index (κ2) is 8.25. The molecule has 0 aromatic rings. The minimum atomic E-state index is -7.98. The van der Waals surface area contributed by atoms with E-state index in [4.69, 9.17) is 0 Å². The molecule has 0 aliphatic carbocycles. The predicted octanol–water partition coefficient (Wildman–Crippen LogP) is 6.65. The number of halogens is 13. The third-order valence-electron chi connectivity index (χ3n) is 3.79. The summed E-state index contributed by atoms with van der Waals surface area (Å²) in [5.41, 5.74) is 0. The molecule has 0 N–H and O–H groups in total. The number of alkyl halides is 13. The van der Waals surface area contributed by atoms with Gasteiger partial charge in [0.05, 0.1) is 0 Å². The van der Waals surface area contributed by atoms with Gasteiger partial charge in [0.1, 0.15) is 0 Å². The van der Waals surface area contributed by atoms with E-state index in [2.05, 4.69) is 0 Å². The fourth-order valence-electron chi connectivity index (χ4n) is 1.99. The smallest absolute Gasteiger partial charge is 0.293 e. The number of ketones is 1. The largest absolute Gasteiger partial charge is 0.460 e. The Hall–Kier alpha value is -1.24. The molecule has 28 heavy (non-hydrogen) atoms. The van der Waals surface area contributed by atoms with Gasteiger partial charge in [-0.05, 0) is 6.42 Å². The van der Waals surface area contributed by atoms with Gasteiger partial charge in [-0.25, -0.2) is 0 Å². The molecule has 14 heteroatoms. The SMILES string of the molecule is CCCCCCCC(=O)C(F)(F)C(F)(F)C(F)(F)C(F)(F)C(F)(F)C(F)(F)F. The summed E-state index contributed by atoms with van der Waals surface area (Å²) in [6.07, 6.45) is -7.99. The van der Waals surface area contributed by atoms with Crippen molar-refractivity contribution in [3.8, 4) is 0 Å². The van der Waals surface area contributed by atoms with E-state index >= 15 is 0 Å². The molecule has 0 heterocycles. The van der Waals surface area contributed by atoms with E-state index in [-0.39, 0.29) is 6.42 Å².